The minimum atomic E-state index is -4.64. The van der Waals surface area contributed by atoms with Crippen molar-refractivity contribution >= 4 is 19.7 Å². The molecule has 0 radical (unpaired) electrons. The summed E-state index contributed by atoms with van der Waals surface area (Å²) in [6, 6.07) is 5.44. The molecule has 10 heteroatoms. The molecule has 0 aromatic heterocycles. The number of hydrogen-bond donors (Lipinski definition) is 6. The highest BCUT2D eigenvalue weighted by Gasteiger charge is 2.20. The van der Waals surface area contributed by atoms with Crippen molar-refractivity contribution < 1.29 is 39.0 Å². The fraction of sp³-hybridized carbons (Fsp3) is 0.680. The maximum Gasteiger partial charge on any atom is 0.466 e. The van der Waals surface area contributed by atoms with E-state index in [1.165, 1.54) is 76.3 Å². The monoisotopic (exact) mass is 517 g/mol. The zero-order valence-electron chi connectivity index (χ0n) is 20.9. The van der Waals surface area contributed by atoms with E-state index in [4.69, 9.17) is 19.2 Å². The van der Waals surface area contributed by atoms with Gasteiger partial charge in [0.25, 0.3) is 0 Å². The molecule has 0 bridgehead atoms. The number of carboxylic acid groups (broad SMARTS) is 1. The largest absolute Gasteiger partial charge is 0.508 e. The van der Waals surface area contributed by atoms with Crippen LogP contribution in [-0.2, 0) is 20.6 Å². The average Bonchev–Trinajstić information content (AvgIpc) is 2.76. The van der Waals surface area contributed by atoms with Crippen molar-refractivity contribution in [1.82, 2.24) is 5.32 Å². The van der Waals surface area contributed by atoms with Gasteiger partial charge in [0.2, 0.25) is 5.91 Å². The third-order valence-corrected chi connectivity index (χ3v) is 5.52. The van der Waals surface area contributed by atoms with Crippen molar-refractivity contribution in [2.24, 2.45) is 0 Å². The van der Waals surface area contributed by atoms with Crippen LogP contribution in [0.25, 0.3) is 0 Å². The third kappa shape index (κ3) is 23.6. The van der Waals surface area contributed by atoms with Crippen molar-refractivity contribution in [3.63, 3.8) is 0 Å². The number of nitrogens with one attached hydrogen (secondary N) is 1. The number of carboxylic acids is 1. The molecule has 6 N–H and O–H groups in total. The Hall–Kier alpha value is -1.93. The van der Waals surface area contributed by atoms with Gasteiger partial charge in [-0.25, -0.2) is 9.36 Å². The smallest absolute Gasteiger partial charge is 0.466 e. The first-order chi connectivity index (χ1) is 16.5. The molecule has 1 unspecified atom stereocenters. The summed E-state index contributed by atoms with van der Waals surface area (Å²) in [5.74, 6) is -1.11. The number of amides is 1. The van der Waals surface area contributed by atoms with Gasteiger partial charge < -0.3 is 30.2 Å². The van der Waals surface area contributed by atoms with Crippen molar-refractivity contribution in [2.45, 2.75) is 109 Å². The highest BCUT2D eigenvalue weighted by atomic mass is 31.2. The summed E-state index contributed by atoms with van der Waals surface area (Å²) in [5.41, 5.74) is 0.765. The predicted octanol–water partition coefficient (Wildman–Crippen LogP) is 5.06. The van der Waals surface area contributed by atoms with Crippen LogP contribution in [0.1, 0.15) is 102 Å². The average molecular weight is 518 g/mol. The molecule has 0 spiro atoms. The Morgan fingerprint density at radius 2 is 1.20 bits per heavy atom. The zero-order valence-corrected chi connectivity index (χ0v) is 21.8. The Bertz CT molecular complexity index is 727. The number of rotatable bonds is 18. The van der Waals surface area contributed by atoms with Crippen LogP contribution in [0.2, 0.25) is 0 Å². The Kier molecular flexibility index (Phi) is 19.2. The molecule has 0 heterocycles. The first-order valence-corrected chi connectivity index (χ1v) is 14.2. The van der Waals surface area contributed by atoms with Crippen LogP contribution in [-0.4, -0.2) is 42.8 Å². The van der Waals surface area contributed by atoms with Gasteiger partial charge in [-0.1, -0.05) is 96.1 Å². The lowest BCUT2D eigenvalue weighted by Crippen LogP contribution is -2.42. The van der Waals surface area contributed by atoms with Crippen LogP contribution in [0.3, 0.4) is 0 Å². The van der Waals surface area contributed by atoms with E-state index in [0.29, 0.717) is 6.42 Å². The second kappa shape index (κ2) is 20.3. The molecule has 1 atom stereocenters. The molecule has 0 saturated heterocycles. The maximum atomic E-state index is 12.1. The van der Waals surface area contributed by atoms with E-state index in [9.17, 15) is 19.8 Å². The number of hydrogen-bond acceptors (Lipinski definition) is 4. The van der Waals surface area contributed by atoms with Crippen LogP contribution in [0, 0.1) is 0 Å². The minimum Gasteiger partial charge on any atom is -0.508 e. The highest BCUT2D eigenvalue weighted by Crippen LogP contribution is 2.25. The molecule has 0 aliphatic rings. The summed E-state index contributed by atoms with van der Waals surface area (Å²) < 4.78 is 8.88. The molecule has 1 rings (SSSR count). The standard InChI is InChI=1S/C25H41NO4.H3O4P/c1-2-3-4-5-6-7-8-9-10-11-12-13-14-15-24(28)26-23(25(29)30)20-21-16-18-22(27)19-17-21;1-5(2,3)4/h16-19,23,27H,2-15,20H2,1H3,(H,26,28)(H,29,30);(H3,1,2,3,4). The van der Waals surface area contributed by atoms with Crippen molar-refractivity contribution in [1.29, 1.82) is 0 Å². The molecular formula is C25H44NO8P. The lowest BCUT2D eigenvalue weighted by atomic mass is 10.0. The van der Waals surface area contributed by atoms with Gasteiger partial charge in [-0.3, -0.25) is 4.79 Å². The molecule has 1 aromatic carbocycles. The minimum absolute atomic E-state index is 0.136. The van der Waals surface area contributed by atoms with Gasteiger partial charge in [-0.15, -0.1) is 0 Å². The topological polar surface area (TPSA) is 164 Å². The number of carbonyl (C=O) groups excluding carboxylic acids is 1. The van der Waals surface area contributed by atoms with Gasteiger partial charge in [0.1, 0.15) is 11.8 Å². The normalized spacial score (nSPS) is 11.9. The first-order valence-electron chi connectivity index (χ1n) is 12.6. The summed E-state index contributed by atoms with van der Waals surface area (Å²) in [4.78, 5) is 45.1. The van der Waals surface area contributed by atoms with Gasteiger partial charge in [0.15, 0.2) is 0 Å². The Morgan fingerprint density at radius 1 is 0.800 bits per heavy atom. The fourth-order valence-corrected chi connectivity index (χ4v) is 3.64. The molecule has 0 aliphatic carbocycles. The number of carbonyl (C=O) groups is 2. The van der Waals surface area contributed by atoms with E-state index in [1.54, 1.807) is 12.1 Å². The van der Waals surface area contributed by atoms with Crippen molar-refractivity contribution in [2.75, 3.05) is 0 Å². The molecule has 202 valence electrons. The molecule has 1 amide bonds. The Balaban J connectivity index is 0.00000209. The van der Waals surface area contributed by atoms with Crippen LogP contribution in [0.15, 0.2) is 24.3 Å². The zero-order chi connectivity index (χ0) is 26.5. The van der Waals surface area contributed by atoms with Crippen molar-refractivity contribution in [3.8, 4) is 5.75 Å². The summed E-state index contributed by atoms with van der Waals surface area (Å²) in [6.45, 7) is 2.25. The van der Waals surface area contributed by atoms with E-state index in [-0.39, 0.29) is 18.1 Å². The van der Waals surface area contributed by atoms with Crippen molar-refractivity contribution in [3.05, 3.63) is 29.8 Å². The number of phosphoric acid groups is 1. The number of phenolic OH excluding ortho intramolecular Hbond substituents is 1. The van der Waals surface area contributed by atoms with Crippen LogP contribution >= 0.6 is 7.82 Å². The van der Waals surface area contributed by atoms with Gasteiger partial charge in [0.05, 0.1) is 0 Å². The molecule has 9 nitrogen and oxygen atoms in total. The molecule has 35 heavy (non-hydrogen) atoms. The first kappa shape index (κ1) is 33.1. The summed E-state index contributed by atoms with van der Waals surface area (Å²) >= 11 is 0. The molecular weight excluding hydrogens is 473 g/mol. The second-order valence-electron chi connectivity index (χ2n) is 8.83. The molecule has 1 aromatic rings. The fourth-order valence-electron chi connectivity index (χ4n) is 3.64. The number of phenols is 1. The Labute approximate surface area is 209 Å². The highest BCUT2D eigenvalue weighted by molar-refractivity contribution is 7.45. The molecule has 0 saturated carbocycles. The van der Waals surface area contributed by atoms with E-state index >= 15 is 0 Å². The van der Waals surface area contributed by atoms with Gasteiger partial charge in [-0.2, -0.15) is 0 Å². The third-order valence-electron chi connectivity index (χ3n) is 5.52. The maximum absolute atomic E-state index is 12.1. The Morgan fingerprint density at radius 3 is 1.60 bits per heavy atom. The summed E-state index contributed by atoms with van der Waals surface area (Å²) in [6.07, 6.45) is 16.9. The number of aliphatic carboxylic acids is 1. The number of aromatic hydroxyl groups is 1. The van der Waals surface area contributed by atoms with E-state index < -0.39 is 19.8 Å². The van der Waals surface area contributed by atoms with Crippen LogP contribution in [0.5, 0.6) is 5.75 Å². The van der Waals surface area contributed by atoms with Gasteiger partial charge in [0, 0.05) is 12.8 Å². The summed E-state index contributed by atoms with van der Waals surface area (Å²) in [7, 11) is -4.64. The summed E-state index contributed by atoms with van der Waals surface area (Å²) in [5, 5.41) is 21.3. The van der Waals surface area contributed by atoms with E-state index in [0.717, 1.165) is 24.8 Å². The SMILES string of the molecule is CCCCCCCCCCCCCCCC(=O)NC(Cc1ccc(O)cc1)C(=O)O.O=P(O)(O)O. The lowest BCUT2D eigenvalue weighted by molar-refractivity contribution is -0.141. The predicted molar refractivity (Wildman–Crippen MR) is 136 cm³/mol. The van der Waals surface area contributed by atoms with Crippen LogP contribution < -0.4 is 5.32 Å². The lowest BCUT2D eigenvalue weighted by Gasteiger charge is -2.14. The number of unbranched alkanes of at least 4 members (excludes halogenated alkanes) is 12. The molecule has 0 aliphatic heterocycles. The quantitative estimate of drug-likeness (QED) is 0.116. The number of benzene rings is 1. The second-order valence-corrected chi connectivity index (χ2v) is 9.86. The molecule has 0 fully saturated rings. The van der Waals surface area contributed by atoms with Gasteiger partial charge >= 0.3 is 13.8 Å². The van der Waals surface area contributed by atoms with Crippen LogP contribution in [0.4, 0.5) is 0 Å². The van der Waals surface area contributed by atoms with Gasteiger partial charge in [-0.05, 0) is 24.1 Å². The van der Waals surface area contributed by atoms with E-state index in [1.807, 2.05) is 0 Å². The van der Waals surface area contributed by atoms with E-state index in [2.05, 4.69) is 12.2 Å².